The number of rotatable bonds is 5. The van der Waals surface area contributed by atoms with Gasteiger partial charge in [0.15, 0.2) is 0 Å². The van der Waals surface area contributed by atoms with Crippen molar-refractivity contribution in [3.05, 3.63) is 41.3 Å². The fourth-order valence-electron chi connectivity index (χ4n) is 3.12. The number of piperidine rings is 1. The Morgan fingerprint density at radius 3 is 2.79 bits per heavy atom. The molecule has 0 radical (unpaired) electrons. The molecule has 2 heterocycles. The molecule has 1 aromatic carbocycles. The minimum atomic E-state index is -0.808. The Morgan fingerprint density at radius 2 is 2.04 bits per heavy atom. The molecule has 1 fully saturated rings. The van der Waals surface area contributed by atoms with Gasteiger partial charge in [0, 0.05) is 24.6 Å². The van der Waals surface area contributed by atoms with Gasteiger partial charge in [-0.2, -0.15) is 4.37 Å². The second-order valence-corrected chi connectivity index (χ2v) is 6.83. The molecule has 0 saturated carbocycles. The van der Waals surface area contributed by atoms with Crippen molar-refractivity contribution >= 4 is 23.4 Å². The lowest BCUT2D eigenvalue weighted by Gasteiger charge is -2.35. The van der Waals surface area contributed by atoms with Gasteiger partial charge < -0.3 is 10.0 Å². The van der Waals surface area contributed by atoms with Crippen molar-refractivity contribution in [1.29, 1.82) is 0 Å². The van der Waals surface area contributed by atoms with Gasteiger partial charge in [0.2, 0.25) is 0 Å². The van der Waals surface area contributed by atoms with Crippen LogP contribution in [0, 0.1) is 0 Å². The number of hydrogen-bond donors (Lipinski definition) is 1. The molecule has 0 spiro atoms. The predicted molar refractivity (Wildman–Crippen MR) is 93.1 cm³/mol. The van der Waals surface area contributed by atoms with Gasteiger partial charge in [0.1, 0.15) is 4.88 Å². The molecule has 1 saturated heterocycles. The maximum atomic E-state index is 12.8. The van der Waals surface area contributed by atoms with Gasteiger partial charge in [0.05, 0.1) is 5.69 Å². The topological polar surface area (TPSA) is 70.5 Å². The Morgan fingerprint density at radius 1 is 1.25 bits per heavy atom. The smallest absolute Gasteiger partial charge is 0.303 e. The zero-order valence-electron chi connectivity index (χ0n) is 13.4. The van der Waals surface area contributed by atoms with E-state index in [1.807, 2.05) is 41.3 Å². The average molecular weight is 344 g/mol. The summed E-state index contributed by atoms with van der Waals surface area (Å²) in [6.45, 7) is 0.696. The number of carbonyl (C=O) groups excluding carboxylic acids is 1. The van der Waals surface area contributed by atoms with Crippen LogP contribution in [-0.2, 0) is 4.79 Å². The van der Waals surface area contributed by atoms with Crippen LogP contribution in [0.4, 0.5) is 0 Å². The third-order valence-electron chi connectivity index (χ3n) is 4.37. The summed E-state index contributed by atoms with van der Waals surface area (Å²) in [4.78, 5) is 26.1. The number of nitrogens with zero attached hydrogens (tertiary/aromatic N) is 2. The standard InChI is InChI=1S/C18H20N2O3S/c21-17(22)10-9-14-8-4-5-11-20(14)18(23)16-12-15(19-24-16)13-6-2-1-3-7-13/h1-3,6-7,12,14H,4-5,8-11H2,(H,21,22). The lowest BCUT2D eigenvalue weighted by Crippen LogP contribution is -2.43. The average Bonchev–Trinajstić information content (AvgIpc) is 3.10. The molecule has 0 bridgehead atoms. The number of carboxylic acids is 1. The van der Waals surface area contributed by atoms with E-state index in [4.69, 9.17) is 5.11 Å². The predicted octanol–water partition coefficient (Wildman–Crippen LogP) is 3.67. The molecule has 5 nitrogen and oxygen atoms in total. The zero-order valence-corrected chi connectivity index (χ0v) is 14.2. The van der Waals surface area contributed by atoms with E-state index in [9.17, 15) is 9.59 Å². The van der Waals surface area contributed by atoms with E-state index >= 15 is 0 Å². The number of carboxylic acid groups (broad SMARTS) is 1. The number of aliphatic carboxylic acids is 1. The normalized spacial score (nSPS) is 17.7. The van der Waals surface area contributed by atoms with Crippen molar-refractivity contribution < 1.29 is 14.7 Å². The van der Waals surface area contributed by atoms with Crippen LogP contribution >= 0.6 is 11.5 Å². The van der Waals surface area contributed by atoms with Gasteiger partial charge in [-0.25, -0.2) is 0 Å². The van der Waals surface area contributed by atoms with Gasteiger partial charge in [-0.15, -0.1) is 0 Å². The second-order valence-electron chi connectivity index (χ2n) is 6.02. The van der Waals surface area contributed by atoms with Crippen molar-refractivity contribution in [3.63, 3.8) is 0 Å². The van der Waals surface area contributed by atoms with E-state index in [1.165, 1.54) is 11.5 Å². The molecular formula is C18H20N2O3S. The molecule has 6 heteroatoms. The number of aromatic nitrogens is 1. The number of carbonyl (C=O) groups is 2. The van der Waals surface area contributed by atoms with E-state index in [1.54, 1.807) is 0 Å². The highest BCUT2D eigenvalue weighted by Crippen LogP contribution is 2.27. The number of likely N-dealkylation sites (tertiary alicyclic amines) is 1. The monoisotopic (exact) mass is 344 g/mol. The highest BCUT2D eigenvalue weighted by Gasteiger charge is 2.29. The molecule has 126 valence electrons. The largest absolute Gasteiger partial charge is 0.481 e. The summed E-state index contributed by atoms with van der Waals surface area (Å²) < 4.78 is 4.40. The Labute approximate surface area is 145 Å². The van der Waals surface area contributed by atoms with Crippen LogP contribution < -0.4 is 0 Å². The molecule has 24 heavy (non-hydrogen) atoms. The molecular weight excluding hydrogens is 324 g/mol. The van der Waals surface area contributed by atoms with Crippen LogP contribution in [-0.4, -0.2) is 38.8 Å². The molecule has 1 atom stereocenters. The maximum Gasteiger partial charge on any atom is 0.303 e. The Balaban J connectivity index is 1.74. The van der Waals surface area contributed by atoms with E-state index in [0.29, 0.717) is 17.8 Å². The van der Waals surface area contributed by atoms with Crippen molar-refractivity contribution in [3.8, 4) is 11.3 Å². The molecule has 1 aromatic heterocycles. The van der Waals surface area contributed by atoms with Crippen molar-refractivity contribution in [1.82, 2.24) is 9.27 Å². The lowest BCUT2D eigenvalue weighted by molar-refractivity contribution is -0.137. The fourth-order valence-corrected chi connectivity index (χ4v) is 3.84. The Kier molecular flexibility index (Phi) is 5.25. The lowest BCUT2D eigenvalue weighted by atomic mass is 9.97. The molecule has 1 aliphatic rings. The van der Waals surface area contributed by atoms with Crippen LogP contribution in [0.3, 0.4) is 0 Å². The Hall–Kier alpha value is -2.21. The summed E-state index contributed by atoms with van der Waals surface area (Å²) in [6.07, 6.45) is 3.52. The summed E-state index contributed by atoms with van der Waals surface area (Å²) in [6, 6.07) is 11.6. The fraction of sp³-hybridized carbons (Fsp3) is 0.389. The number of amides is 1. The quantitative estimate of drug-likeness (QED) is 0.898. The van der Waals surface area contributed by atoms with Crippen LogP contribution in [0.25, 0.3) is 11.3 Å². The van der Waals surface area contributed by atoms with Crippen LogP contribution in [0.1, 0.15) is 41.8 Å². The Bertz CT molecular complexity index is 714. The minimum Gasteiger partial charge on any atom is -0.481 e. The molecule has 3 rings (SSSR count). The summed E-state index contributed by atoms with van der Waals surface area (Å²) in [5.41, 5.74) is 1.80. The van der Waals surface area contributed by atoms with Crippen LogP contribution in [0.2, 0.25) is 0 Å². The molecule has 1 amide bonds. The minimum absolute atomic E-state index is 0.0182. The summed E-state index contributed by atoms with van der Waals surface area (Å²) in [5.74, 6) is -0.832. The first-order valence-corrected chi connectivity index (χ1v) is 8.97. The third-order valence-corrected chi connectivity index (χ3v) is 5.15. The first-order valence-electron chi connectivity index (χ1n) is 8.20. The summed E-state index contributed by atoms with van der Waals surface area (Å²) in [5, 5.41) is 8.90. The molecule has 1 aliphatic heterocycles. The van der Waals surface area contributed by atoms with Crippen molar-refractivity contribution in [2.45, 2.75) is 38.1 Å². The van der Waals surface area contributed by atoms with E-state index in [-0.39, 0.29) is 18.4 Å². The zero-order chi connectivity index (χ0) is 16.9. The second kappa shape index (κ2) is 7.57. The van der Waals surface area contributed by atoms with Crippen LogP contribution in [0.15, 0.2) is 36.4 Å². The molecule has 1 unspecified atom stereocenters. The van der Waals surface area contributed by atoms with Gasteiger partial charge in [-0.1, -0.05) is 30.3 Å². The van der Waals surface area contributed by atoms with Crippen LogP contribution in [0.5, 0.6) is 0 Å². The molecule has 0 aliphatic carbocycles. The summed E-state index contributed by atoms with van der Waals surface area (Å²) in [7, 11) is 0. The highest BCUT2D eigenvalue weighted by molar-refractivity contribution is 7.08. The number of hydrogen-bond acceptors (Lipinski definition) is 4. The SMILES string of the molecule is O=C(O)CCC1CCCCN1C(=O)c1cc(-c2ccccc2)ns1. The van der Waals surface area contributed by atoms with Gasteiger partial charge in [-0.3, -0.25) is 9.59 Å². The van der Waals surface area contributed by atoms with Gasteiger partial charge in [-0.05, 0) is 43.3 Å². The first-order chi connectivity index (χ1) is 11.6. The van der Waals surface area contributed by atoms with Gasteiger partial charge >= 0.3 is 5.97 Å². The maximum absolute atomic E-state index is 12.8. The van der Waals surface area contributed by atoms with E-state index in [2.05, 4.69) is 4.37 Å². The number of benzene rings is 1. The van der Waals surface area contributed by atoms with E-state index < -0.39 is 5.97 Å². The molecule has 2 aromatic rings. The van der Waals surface area contributed by atoms with E-state index in [0.717, 1.165) is 30.5 Å². The van der Waals surface area contributed by atoms with Crippen molar-refractivity contribution in [2.24, 2.45) is 0 Å². The molecule has 1 N–H and O–H groups in total. The van der Waals surface area contributed by atoms with Gasteiger partial charge in [0.25, 0.3) is 5.91 Å². The highest BCUT2D eigenvalue weighted by atomic mass is 32.1. The first kappa shape index (κ1) is 16.6. The third kappa shape index (κ3) is 3.82. The summed E-state index contributed by atoms with van der Waals surface area (Å²) >= 11 is 1.22. The van der Waals surface area contributed by atoms with Crippen molar-refractivity contribution in [2.75, 3.05) is 6.54 Å².